The summed E-state index contributed by atoms with van der Waals surface area (Å²) in [5.74, 6) is 0. The van der Waals surface area contributed by atoms with Gasteiger partial charge < -0.3 is 8.83 Å². The van der Waals surface area contributed by atoms with Gasteiger partial charge in [-0.25, -0.2) is 4.42 Å². The van der Waals surface area contributed by atoms with Crippen molar-refractivity contribution in [1.29, 1.82) is 0 Å². The molecule has 0 spiro atoms. The van der Waals surface area contributed by atoms with Crippen LogP contribution < -0.4 is 0 Å². The van der Waals surface area contributed by atoms with Crippen LogP contribution in [0.5, 0.6) is 0 Å². The van der Waals surface area contributed by atoms with Gasteiger partial charge in [0.1, 0.15) is 33.1 Å². The van der Waals surface area contributed by atoms with E-state index in [9.17, 15) is 25.2 Å². The van der Waals surface area contributed by atoms with E-state index in [-0.39, 0.29) is 16.2 Å². The molecule has 3 heterocycles. The first-order valence-electron chi connectivity index (χ1n) is 13.2. The summed E-state index contributed by atoms with van der Waals surface area (Å²) in [6, 6.07) is 13.1. The van der Waals surface area contributed by atoms with Gasteiger partial charge in [-0.05, 0) is 57.2 Å². The molecule has 2 aliphatic heterocycles. The van der Waals surface area contributed by atoms with Crippen molar-refractivity contribution in [2.75, 3.05) is 0 Å². The van der Waals surface area contributed by atoms with E-state index >= 15 is 0 Å². The number of benzene rings is 3. The van der Waals surface area contributed by atoms with Crippen LogP contribution in [-0.4, -0.2) is 0 Å². The standard InChI is InChI=1S/C31H33O3.F6P/c1-29(2,3)16-10-19-25-20(11-16)33-22-13-18(31(7,8)9)15-24-27(22)28(25)26-21(32-19)12-17(30(4,5)6)14-23(26)34-24;1-7(2,3,4,5)6/h10-15H,1-9H3;/q+1;-1. The molecule has 0 amide bonds. The fourth-order valence-corrected chi connectivity index (χ4v) is 5.02. The van der Waals surface area contributed by atoms with Gasteiger partial charge in [-0.3, -0.25) is 0 Å². The van der Waals surface area contributed by atoms with Crippen molar-refractivity contribution < 1.29 is 38.4 Å². The second kappa shape index (κ2) is 7.85. The van der Waals surface area contributed by atoms with E-state index in [2.05, 4.69) is 98.7 Å². The van der Waals surface area contributed by atoms with Crippen molar-refractivity contribution in [1.82, 2.24) is 0 Å². The third kappa shape index (κ3) is 5.97. The van der Waals surface area contributed by atoms with Crippen LogP contribution in [0.2, 0.25) is 0 Å². The molecular weight excluding hydrogens is 565 g/mol. The average molecular weight is 599 g/mol. The summed E-state index contributed by atoms with van der Waals surface area (Å²) in [6.07, 6.45) is 0. The number of rotatable bonds is 0. The van der Waals surface area contributed by atoms with Gasteiger partial charge in [0.15, 0.2) is 0 Å². The monoisotopic (exact) mass is 598 g/mol. The zero-order chi connectivity index (χ0) is 30.8. The molecule has 6 rings (SSSR count). The summed E-state index contributed by atoms with van der Waals surface area (Å²) in [6.45, 7) is 20.0. The van der Waals surface area contributed by atoms with Crippen LogP contribution in [-0.2, 0) is 16.2 Å². The Kier molecular flexibility index (Phi) is 5.64. The van der Waals surface area contributed by atoms with Crippen molar-refractivity contribution in [3.8, 4) is 11.1 Å². The van der Waals surface area contributed by atoms with Crippen molar-refractivity contribution in [3.63, 3.8) is 0 Å². The molecule has 4 aromatic rings. The zero-order valence-corrected chi connectivity index (χ0v) is 25.3. The second-order valence-corrected chi connectivity index (χ2v) is 15.8. The number of hydrogen-bond donors (Lipinski definition) is 0. The minimum absolute atomic E-state index is 0.0318. The maximum atomic E-state index is 9.87. The summed E-state index contributed by atoms with van der Waals surface area (Å²) < 4.78 is 79.0. The molecule has 3 aromatic carbocycles. The number of hydrogen-bond acceptors (Lipinski definition) is 2. The first kappa shape index (κ1) is 29.4. The molecule has 222 valence electrons. The van der Waals surface area contributed by atoms with Crippen molar-refractivity contribution in [2.45, 2.75) is 78.6 Å². The second-order valence-electron chi connectivity index (χ2n) is 13.9. The molecule has 0 atom stereocenters. The maximum absolute atomic E-state index is 10.7. The fourth-order valence-electron chi connectivity index (χ4n) is 5.02. The summed E-state index contributed by atoms with van der Waals surface area (Å²) in [7, 11) is -10.7. The van der Waals surface area contributed by atoms with Gasteiger partial charge in [-0.1, -0.05) is 62.3 Å². The Hall–Kier alpha value is -3.06. The third-order valence-electron chi connectivity index (χ3n) is 7.21. The normalized spacial score (nSPS) is 15.6. The Bertz CT molecular complexity index is 1800. The van der Waals surface area contributed by atoms with E-state index in [0.29, 0.717) is 0 Å². The Balaban J connectivity index is 0.000000431. The molecule has 10 heteroatoms. The van der Waals surface area contributed by atoms with Gasteiger partial charge in [0, 0.05) is 17.7 Å². The van der Waals surface area contributed by atoms with E-state index in [0.717, 1.165) is 49.8 Å². The third-order valence-corrected chi connectivity index (χ3v) is 7.21. The van der Waals surface area contributed by atoms with Gasteiger partial charge in [0.2, 0.25) is 0 Å². The predicted octanol–water partition coefficient (Wildman–Crippen LogP) is 13.2. The van der Waals surface area contributed by atoms with Gasteiger partial charge in [-0.2, -0.15) is 0 Å². The summed E-state index contributed by atoms with van der Waals surface area (Å²) in [5, 5.41) is 2.07. The molecule has 41 heavy (non-hydrogen) atoms. The molecule has 0 aliphatic carbocycles. The predicted molar refractivity (Wildman–Crippen MR) is 155 cm³/mol. The molecule has 0 saturated carbocycles. The molecule has 0 bridgehead atoms. The molecule has 0 fully saturated rings. The van der Waals surface area contributed by atoms with Crippen LogP contribution in [0.3, 0.4) is 0 Å². The van der Waals surface area contributed by atoms with Crippen LogP contribution in [0.4, 0.5) is 25.2 Å². The summed E-state index contributed by atoms with van der Waals surface area (Å²) in [5.41, 5.74) is 10.9. The van der Waals surface area contributed by atoms with Gasteiger partial charge in [0.05, 0.1) is 5.56 Å². The molecule has 3 nitrogen and oxygen atoms in total. The van der Waals surface area contributed by atoms with Crippen molar-refractivity contribution >= 4 is 52.1 Å². The molecule has 0 N–H and O–H groups in total. The Morgan fingerprint density at radius 1 is 0.488 bits per heavy atom. The van der Waals surface area contributed by atoms with Crippen LogP contribution >= 0.6 is 7.81 Å². The molecule has 1 aromatic heterocycles. The van der Waals surface area contributed by atoms with Crippen LogP contribution in [0.1, 0.15) is 79.0 Å². The zero-order valence-electron chi connectivity index (χ0n) is 24.4. The quantitative estimate of drug-likeness (QED) is 0.0574. The first-order valence-corrected chi connectivity index (χ1v) is 15.2. The van der Waals surface area contributed by atoms with E-state index < -0.39 is 7.81 Å². The van der Waals surface area contributed by atoms with Crippen molar-refractivity contribution in [3.05, 3.63) is 53.1 Å². The first-order chi connectivity index (χ1) is 18.2. The Labute approximate surface area is 233 Å². The number of halogens is 6. The Morgan fingerprint density at radius 2 is 0.780 bits per heavy atom. The van der Waals surface area contributed by atoms with Crippen molar-refractivity contribution in [2.24, 2.45) is 0 Å². The SMILES string of the molecule is CC(C)(C)c1cc2oc3cc(C(C)(C)C)cc4[o+]c5cc(C(C)(C)C)cc6oc(c1)c2-c(c34)c65.F[P-](F)(F)(F)(F)F. The van der Waals surface area contributed by atoms with E-state index in [1.54, 1.807) is 0 Å². The van der Waals surface area contributed by atoms with E-state index in [1.807, 2.05) is 0 Å². The fraction of sp³-hybridized carbons (Fsp3) is 0.387. The molecule has 0 radical (unpaired) electrons. The van der Waals surface area contributed by atoms with E-state index in [4.69, 9.17) is 13.3 Å². The Morgan fingerprint density at radius 3 is 1.10 bits per heavy atom. The summed E-state index contributed by atoms with van der Waals surface area (Å²) >= 11 is 0. The van der Waals surface area contributed by atoms with Gasteiger partial charge in [0.25, 0.3) is 0 Å². The molecule has 2 aliphatic rings. The minimum atomic E-state index is -10.7. The van der Waals surface area contributed by atoms with Gasteiger partial charge in [-0.15, -0.1) is 0 Å². The topological polar surface area (TPSA) is 37.6 Å². The van der Waals surface area contributed by atoms with E-state index in [1.165, 1.54) is 22.3 Å². The van der Waals surface area contributed by atoms with Crippen LogP contribution in [0, 0.1) is 0 Å². The van der Waals surface area contributed by atoms with Gasteiger partial charge >= 0.3 is 44.2 Å². The van der Waals surface area contributed by atoms with Crippen LogP contribution in [0.15, 0.2) is 49.6 Å². The molecular formula is C31H33F6O3P. The molecule has 0 unspecified atom stereocenters. The van der Waals surface area contributed by atoms with Crippen LogP contribution in [0.25, 0.3) is 55.4 Å². The summed E-state index contributed by atoms with van der Waals surface area (Å²) in [4.78, 5) is 0. The molecule has 0 saturated heterocycles. The average Bonchev–Trinajstić information content (AvgIpc) is 2.74.